The lowest BCUT2D eigenvalue weighted by molar-refractivity contribution is -0.132. The van der Waals surface area contributed by atoms with Gasteiger partial charge in [-0.3, -0.25) is 19.4 Å². The van der Waals surface area contributed by atoms with Crippen LogP contribution in [0.4, 0.5) is 14.5 Å². The molecule has 1 fully saturated rings. The Bertz CT molecular complexity index is 1690. The van der Waals surface area contributed by atoms with Gasteiger partial charge in [-0.15, -0.1) is 0 Å². The maximum absolute atomic E-state index is 15.5. The zero-order chi connectivity index (χ0) is 33.8. The van der Waals surface area contributed by atoms with Crippen LogP contribution >= 0.6 is 11.6 Å². The molecule has 0 aliphatic carbocycles. The second-order valence-corrected chi connectivity index (χ2v) is 12.0. The molecule has 14 heteroatoms. The van der Waals surface area contributed by atoms with Gasteiger partial charge >= 0.3 is 0 Å². The van der Waals surface area contributed by atoms with Crippen molar-refractivity contribution in [2.75, 3.05) is 51.8 Å². The summed E-state index contributed by atoms with van der Waals surface area (Å²) in [5.41, 5.74) is 0.957. The van der Waals surface area contributed by atoms with Gasteiger partial charge in [0.25, 0.3) is 11.8 Å². The second-order valence-electron chi connectivity index (χ2n) is 11.6. The Balaban J connectivity index is 1.25. The van der Waals surface area contributed by atoms with E-state index >= 15 is 8.78 Å². The van der Waals surface area contributed by atoms with Crippen molar-refractivity contribution in [3.63, 3.8) is 0 Å². The third-order valence-corrected chi connectivity index (χ3v) is 8.98. The van der Waals surface area contributed by atoms with Crippen LogP contribution in [-0.4, -0.2) is 101 Å². The van der Waals surface area contributed by atoms with E-state index in [9.17, 15) is 14.4 Å². The maximum atomic E-state index is 15.5. The van der Waals surface area contributed by atoms with E-state index in [4.69, 9.17) is 16.3 Å². The molecule has 11 nitrogen and oxygen atoms in total. The largest absolute Gasteiger partial charge is 0.383 e. The molecule has 47 heavy (non-hydrogen) atoms. The Hall–Kier alpha value is -4.36. The SMILES string of the molecule is CCCC(=O)N1CCN(C(=O)c2ccc(NC(=O)c3ncc(-c4ccc(C5C=NN(CCOC)C5C)c(F)c4F)n3C)cc2Cl)CC1. The van der Waals surface area contributed by atoms with Crippen molar-refractivity contribution in [1.82, 2.24) is 24.4 Å². The first-order chi connectivity index (χ1) is 22.5. The molecule has 0 bridgehead atoms. The topological polar surface area (TPSA) is 112 Å². The number of hydrogen-bond donors (Lipinski definition) is 1. The third kappa shape index (κ3) is 7.01. The Labute approximate surface area is 277 Å². The predicted octanol–water partition coefficient (Wildman–Crippen LogP) is 4.78. The van der Waals surface area contributed by atoms with Crippen molar-refractivity contribution in [2.45, 2.75) is 38.6 Å². The summed E-state index contributed by atoms with van der Waals surface area (Å²) < 4.78 is 37.4. The number of methoxy groups -OCH3 is 1. The van der Waals surface area contributed by atoms with E-state index in [0.717, 1.165) is 6.42 Å². The summed E-state index contributed by atoms with van der Waals surface area (Å²) in [6.07, 6.45) is 4.18. The van der Waals surface area contributed by atoms with Gasteiger partial charge in [0.15, 0.2) is 17.5 Å². The number of nitrogens with one attached hydrogen (secondary N) is 1. The fraction of sp³-hybridized carbons (Fsp3) is 0.424. The number of hydrazone groups is 1. The molecule has 250 valence electrons. The van der Waals surface area contributed by atoms with E-state index in [1.165, 1.54) is 42.1 Å². The molecule has 5 rings (SSSR count). The number of rotatable bonds is 10. The number of aromatic nitrogens is 2. The average Bonchev–Trinajstić information content (AvgIpc) is 3.62. The molecule has 2 unspecified atom stereocenters. The molecule has 1 saturated heterocycles. The van der Waals surface area contributed by atoms with E-state index in [-0.39, 0.29) is 51.1 Å². The van der Waals surface area contributed by atoms with E-state index in [1.807, 2.05) is 13.8 Å². The van der Waals surface area contributed by atoms with Crippen LogP contribution in [0.2, 0.25) is 5.02 Å². The van der Waals surface area contributed by atoms with Gasteiger partial charge in [-0.1, -0.05) is 24.6 Å². The van der Waals surface area contributed by atoms with Gasteiger partial charge < -0.3 is 24.4 Å². The summed E-state index contributed by atoms with van der Waals surface area (Å²) in [5.74, 6) is -3.29. The van der Waals surface area contributed by atoms with Crippen LogP contribution in [0.25, 0.3) is 11.3 Å². The molecule has 0 radical (unpaired) electrons. The summed E-state index contributed by atoms with van der Waals surface area (Å²) in [5, 5.41) is 8.97. The highest BCUT2D eigenvalue weighted by molar-refractivity contribution is 6.34. The first kappa shape index (κ1) is 34.0. The summed E-state index contributed by atoms with van der Waals surface area (Å²) >= 11 is 6.46. The second kappa shape index (κ2) is 14.6. The summed E-state index contributed by atoms with van der Waals surface area (Å²) in [6.45, 7) is 6.57. The number of anilines is 1. The molecule has 3 aromatic rings. The number of hydrogen-bond acceptors (Lipinski definition) is 7. The predicted molar refractivity (Wildman–Crippen MR) is 175 cm³/mol. The van der Waals surface area contributed by atoms with Crippen LogP contribution in [0.3, 0.4) is 0 Å². The Kier molecular flexibility index (Phi) is 10.6. The highest BCUT2D eigenvalue weighted by atomic mass is 35.5. The number of benzene rings is 2. The summed E-state index contributed by atoms with van der Waals surface area (Å²) in [4.78, 5) is 46.1. The fourth-order valence-corrected chi connectivity index (χ4v) is 6.17. The number of nitrogens with zero attached hydrogens (tertiary/aromatic N) is 6. The van der Waals surface area contributed by atoms with Crippen molar-refractivity contribution >= 4 is 41.2 Å². The van der Waals surface area contributed by atoms with E-state index in [2.05, 4.69) is 15.4 Å². The number of ether oxygens (including phenoxy) is 1. The fourth-order valence-electron chi connectivity index (χ4n) is 5.90. The van der Waals surface area contributed by atoms with Crippen molar-refractivity contribution in [3.05, 3.63) is 70.1 Å². The van der Waals surface area contributed by atoms with Crippen molar-refractivity contribution < 1.29 is 27.9 Å². The standard InChI is InChI=1S/C33H38ClF2N7O4/c1-5-6-28(44)41-11-13-42(14-12-41)33(46)23-8-7-21(17-26(23)34)39-32(45)31-37-19-27(40(31)3)24-10-9-22(29(35)30(24)36)25-18-38-43(20(25)2)15-16-47-4/h7-10,17-20,25H,5-6,11-16H2,1-4H3,(H,39,45). The van der Waals surface area contributed by atoms with Crippen LogP contribution in [0.15, 0.2) is 41.6 Å². The molecule has 2 aromatic carbocycles. The quantitative estimate of drug-likeness (QED) is 0.333. The zero-order valence-corrected chi connectivity index (χ0v) is 27.6. The van der Waals surface area contributed by atoms with Crippen molar-refractivity contribution in [3.8, 4) is 11.3 Å². The van der Waals surface area contributed by atoms with Crippen LogP contribution in [0, 0.1) is 11.6 Å². The number of carbonyl (C=O) groups excluding carboxylic acids is 3. The van der Waals surface area contributed by atoms with Gasteiger partial charge in [0, 0.05) is 75.7 Å². The molecule has 2 atom stereocenters. The van der Waals surface area contributed by atoms with Gasteiger partial charge in [0.2, 0.25) is 5.91 Å². The van der Waals surface area contributed by atoms with E-state index in [1.54, 1.807) is 34.2 Å². The Morgan fingerprint density at radius 2 is 1.79 bits per heavy atom. The van der Waals surface area contributed by atoms with Gasteiger partial charge in [0.05, 0.1) is 41.7 Å². The molecule has 3 amide bonds. The molecule has 2 aliphatic rings. The molecule has 3 heterocycles. The zero-order valence-electron chi connectivity index (χ0n) is 26.8. The first-order valence-corrected chi connectivity index (χ1v) is 15.9. The van der Waals surface area contributed by atoms with Crippen LogP contribution in [0.1, 0.15) is 59.1 Å². The maximum Gasteiger partial charge on any atom is 0.291 e. The number of halogens is 3. The molecule has 1 N–H and O–H groups in total. The van der Waals surface area contributed by atoms with E-state index < -0.39 is 23.5 Å². The van der Waals surface area contributed by atoms with Gasteiger partial charge in [-0.25, -0.2) is 13.8 Å². The minimum Gasteiger partial charge on any atom is -0.383 e. The normalized spacial score (nSPS) is 17.8. The summed E-state index contributed by atoms with van der Waals surface area (Å²) in [6, 6.07) is 7.38. The summed E-state index contributed by atoms with van der Waals surface area (Å²) in [7, 11) is 3.12. The van der Waals surface area contributed by atoms with Gasteiger partial charge in [-0.2, -0.15) is 5.10 Å². The minimum atomic E-state index is -1.05. The highest BCUT2D eigenvalue weighted by Crippen LogP contribution is 2.34. The molecular weight excluding hydrogens is 632 g/mol. The smallest absolute Gasteiger partial charge is 0.291 e. The van der Waals surface area contributed by atoms with Crippen LogP contribution < -0.4 is 5.32 Å². The molecular formula is C33H38ClF2N7O4. The van der Waals surface area contributed by atoms with Crippen LogP contribution in [-0.2, 0) is 16.6 Å². The molecule has 0 saturated carbocycles. The van der Waals surface area contributed by atoms with E-state index in [0.29, 0.717) is 51.4 Å². The first-order valence-electron chi connectivity index (χ1n) is 15.5. The lowest BCUT2D eigenvalue weighted by Gasteiger charge is -2.35. The highest BCUT2D eigenvalue weighted by Gasteiger charge is 2.32. The molecule has 2 aliphatic heterocycles. The van der Waals surface area contributed by atoms with Gasteiger partial charge in [0.1, 0.15) is 0 Å². The third-order valence-electron chi connectivity index (χ3n) is 8.67. The number of carbonyl (C=O) groups is 3. The Morgan fingerprint density at radius 3 is 2.47 bits per heavy atom. The average molecular weight is 670 g/mol. The molecule has 1 aromatic heterocycles. The van der Waals surface area contributed by atoms with Crippen molar-refractivity contribution in [2.24, 2.45) is 12.1 Å². The Morgan fingerprint density at radius 1 is 1.06 bits per heavy atom. The minimum absolute atomic E-state index is 0.0408. The lowest BCUT2D eigenvalue weighted by atomic mass is 9.92. The number of amides is 3. The van der Waals surface area contributed by atoms with Crippen LogP contribution in [0.5, 0.6) is 0 Å². The number of imidazole rings is 1. The lowest BCUT2D eigenvalue weighted by Crippen LogP contribution is -2.50. The number of piperazine rings is 1. The monoisotopic (exact) mass is 669 g/mol. The van der Waals surface area contributed by atoms with Crippen molar-refractivity contribution in [1.29, 1.82) is 0 Å². The van der Waals surface area contributed by atoms with Gasteiger partial charge in [-0.05, 0) is 37.6 Å². The molecule has 0 spiro atoms.